The highest BCUT2D eigenvalue weighted by Gasteiger charge is 2.16. The number of para-hydroxylation sites is 3. The minimum atomic E-state index is -0.639. The van der Waals surface area contributed by atoms with Gasteiger partial charge in [0.1, 0.15) is 17.2 Å². The number of hydrogen-bond donors (Lipinski definition) is 3. The summed E-state index contributed by atoms with van der Waals surface area (Å²) < 4.78 is 15.7. The average molecular weight is 478 g/mol. The molecule has 3 aromatic carbocycles. The number of ether oxygens (including phenoxy) is 3. The van der Waals surface area contributed by atoms with Gasteiger partial charge in [0.05, 0.1) is 0 Å². The molecule has 0 aliphatic heterocycles. The standard InChI is InChI=1S/C26H27N3O6/c30-24(33-21-10-4-1-5-11-21)27-18-16-20(29-26(32)35-23-14-8-3-9-15-23)17-19-28-25(31)34-22-12-6-2-7-13-22/h1-15,20H,16-19H2,(H,27,30)(H,28,31)(H,29,32). The van der Waals surface area contributed by atoms with Crippen molar-refractivity contribution in [3.05, 3.63) is 91.0 Å². The van der Waals surface area contributed by atoms with Crippen LogP contribution in [0.4, 0.5) is 14.4 Å². The first-order valence-corrected chi connectivity index (χ1v) is 11.1. The molecule has 0 radical (unpaired) electrons. The molecule has 0 unspecified atom stereocenters. The molecule has 35 heavy (non-hydrogen) atoms. The highest BCUT2D eigenvalue weighted by Crippen LogP contribution is 2.11. The third kappa shape index (κ3) is 9.87. The van der Waals surface area contributed by atoms with Gasteiger partial charge in [-0.15, -0.1) is 0 Å². The summed E-state index contributed by atoms with van der Waals surface area (Å²) in [4.78, 5) is 36.4. The van der Waals surface area contributed by atoms with Gasteiger partial charge < -0.3 is 30.2 Å². The van der Waals surface area contributed by atoms with Crippen molar-refractivity contribution in [2.45, 2.75) is 18.9 Å². The van der Waals surface area contributed by atoms with E-state index in [4.69, 9.17) is 14.2 Å². The van der Waals surface area contributed by atoms with Crippen molar-refractivity contribution in [2.24, 2.45) is 0 Å². The maximum absolute atomic E-state index is 12.3. The van der Waals surface area contributed by atoms with Gasteiger partial charge in [-0.2, -0.15) is 0 Å². The Morgan fingerprint density at radius 3 is 1.26 bits per heavy atom. The van der Waals surface area contributed by atoms with Crippen LogP contribution in [0.5, 0.6) is 17.2 Å². The summed E-state index contributed by atoms with van der Waals surface area (Å²) in [6.45, 7) is 0.465. The fourth-order valence-corrected chi connectivity index (χ4v) is 3.04. The van der Waals surface area contributed by atoms with E-state index < -0.39 is 24.3 Å². The van der Waals surface area contributed by atoms with Crippen molar-refractivity contribution in [2.75, 3.05) is 13.1 Å². The van der Waals surface area contributed by atoms with Gasteiger partial charge in [-0.05, 0) is 49.2 Å². The van der Waals surface area contributed by atoms with E-state index in [9.17, 15) is 14.4 Å². The Balaban J connectivity index is 1.47. The lowest BCUT2D eigenvalue weighted by Crippen LogP contribution is -2.42. The smallest absolute Gasteiger partial charge is 0.410 e. The van der Waals surface area contributed by atoms with Gasteiger partial charge >= 0.3 is 18.3 Å². The van der Waals surface area contributed by atoms with Gasteiger partial charge in [0.25, 0.3) is 0 Å². The lowest BCUT2D eigenvalue weighted by Gasteiger charge is -2.19. The van der Waals surface area contributed by atoms with Crippen LogP contribution in [0.1, 0.15) is 12.8 Å². The number of carbonyl (C=O) groups is 3. The van der Waals surface area contributed by atoms with E-state index in [2.05, 4.69) is 16.0 Å². The minimum Gasteiger partial charge on any atom is -0.410 e. The second kappa shape index (κ2) is 13.9. The van der Waals surface area contributed by atoms with Gasteiger partial charge in [-0.1, -0.05) is 54.6 Å². The third-order valence-electron chi connectivity index (χ3n) is 4.71. The Morgan fingerprint density at radius 1 is 0.543 bits per heavy atom. The van der Waals surface area contributed by atoms with Crippen LogP contribution >= 0.6 is 0 Å². The maximum atomic E-state index is 12.3. The number of nitrogens with one attached hydrogen (secondary N) is 3. The first kappa shape index (κ1) is 25.1. The maximum Gasteiger partial charge on any atom is 0.412 e. The molecule has 0 aromatic heterocycles. The Morgan fingerprint density at radius 2 is 0.886 bits per heavy atom. The van der Waals surface area contributed by atoms with Crippen molar-refractivity contribution < 1.29 is 28.6 Å². The summed E-state index contributed by atoms with van der Waals surface area (Å²) in [5.74, 6) is 1.25. The Kier molecular flexibility index (Phi) is 9.96. The molecule has 0 fully saturated rings. The Hall–Kier alpha value is -4.53. The van der Waals surface area contributed by atoms with E-state index in [0.29, 0.717) is 30.1 Å². The van der Waals surface area contributed by atoms with E-state index in [1.54, 1.807) is 72.8 Å². The van der Waals surface area contributed by atoms with Crippen LogP contribution in [0.2, 0.25) is 0 Å². The number of amides is 3. The van der Waals surface area contributed by atoms with Crippen LogP contribution in [-0.4, -0.2) is 37.4 Å². The Bertz CT molecular complexity index is 1000. The zero-order valence-electron chi connectivity index (χ0n) is 19.0. The molecule has 0 heterocycles. The summed E-state index contributed by atoms with van der Waals surface area (Å²) in [5, 5.41) is 8.07. The molecule has 0 spiro atoms. The second-order valence-corrected chi connectivity index (χ2v) is 7.38. The van der Waals surface area contributed by atoms with E-state index in [-0.39, 0.29) is 13.1 Å². The predicted molar refractivity (Wildman–Crippen MR) is 130 cm³/mol. The predicted octanol–water partition coefficient (Wildman–Crippen LogP) is 4.50. The van der Waals surface area contributed by atoms with Crippen molar-refractivity contribution in [3.63, 3.8) is 0 Å². The first-order chi connectivity index (χ1) is 17.1. The van der Waals surface area contributed by atoms with Crippen LogP contribution in [-0.2, 0) is 0 Å². The number of hydrogen-bond acceptors (Lipinski definition) is 6. The molecule has 9 nitrogen and oxygen atoms in total. The summed E-state index contributed by atoms with van der Waals surface area (Å²) >= 11 is 0. The van der Waals surface area contributed by atoms with Crippen LogP contribution in [0.3, 0.4) is 0 Å². The number of carbonyl (C=O) groups excluding carboxylic acids is 3. The van der Waals surface area contributed by atoms with Crippen molar-refractivity contribution in [1.29, 1.82) is 0 Å². The molecule has 0 aliphatic carbocycles. The quantitative estimate of drug-likeness (QED) is 0.396. The summed E-state index contributed by atoms with van der Waals surface area (Å²) in [7, 11) is 0. The molecule has 3 amide bonds. The lowest BCUT2D eigenvalue weighted by molar-refractivity contribution is 0.192. The van der Waals surface area contributed by atoms with Crippen LogP contribution in [0, 0.1) is 0 Å². The zero-order valence-corrected chi connectivity index (χ0v) is 19.0. The highest BCUT2D eigenvalue weighted by molar-refractivity contribution is 5.71. The normalized spacial score (nSPS) is 10.2. The van der Waals surface area contributed by atoms with E-state index >= 15 is 0 Å². The molecule has 9 heteroatoms. The monoisotopic (exact) mass is 477 g/mol. The summed E-state index contributed by atoms with van der Waals surface area (Å²) in [6.07, 6.45) is -1.09. The molecule has 0 bridgehead atoms. The molecule has 3 rings (SSSR count). The van der Waals surface area contributed by atoms with Crippen LogP contribution in [0.15, 0.2) is 91.0 Å². The van der Waals surface area contributed by atoms with Crippen LogP contribution < -0.4 is 30.2 Å². The van der Waals surface area contributed by atoms with Gasteiger partial charge in [-0.25, -0.2) is 14.4 Å². The molecule has 0 saturated heterocycles. The Labute approximate surface area is 203 Å². The van der Waals surface area contributed by atoms with E-state index in [0.717, 1.165) is 0 Å². The van der Waals surface area contributed by atoms with Gasteiger partial charge in [-0.3, -0.25) is 0 Å². The van der Waals surface area contributed by atoms with Crippen molar-refractivity contribution in [3.8, 4) is 17.2 Å². The van der Waals surface area contributed by atoms with Crippen molar-refractivity contribution >= 4 is 18.3 Å². The molecular weight excluding hydrogens is 450 g/mol. The average Bonchev–Trinajstić information content (AvgIpc) is 2.85. The zero-order chi connectivity index (χ0) is 24.7. The molecular formula is C26H27N3O6. The molecule has 3 N–H and O–H groups in total. The van der Waals surface area contributed by atoms with Gasteiger partial charge in [0.2, 0.25) is 0 Å². The number of benzene rings is 3. The third-order valence-corrected chi connectivity index (χ3v) is 4.71. The fourth-order valence-electron chi connectivity index (χ4n) is 3.04. The second-order valence-electron chi connectivity index (χ2n) is 7.38. The van der Waals surface area contributed by atoms with Gasteiger partial charge in [0.15, 0.2) is 0 Å². The first-order valence-electron chi connectivity index (χ1n) is 11.1. The fraction of sp³-hybridized carbons (Fsp3) is 0.192. The SMILES string of the molecule is O=C(NCCC(CCNC(=O)Oc1ccccc1)NC(=O)Oc1ccccc1)Oc1ccccc1. The summed E-state index contributed by atoms with van der Waals surface area (Å²) in [5.41, 5.74) is 0. The molecule has 3 aromatic rings. The van der Waals surface area contributed by atoms with E-state index in [1.165, 1.54) is 0 Å². The van der Waals surface area contributed by atoms with Crippen LogP contribution in [0.25, 0.3) is 0 Å². The molecule has 182 valence electrons. The molecule has 0 saturated carbocycles. The highest BCUT2D eigenvalue weighted by atomic mass is 16.6. The van der Waals surface area contributed by atoms with E-state index in [1.807, 2.05) is 18.2 Å². The number of rotatable bonds is 10. The summed E-state index contributed by atoms with van der Waals surface area (Å²) in [6, 6.07) is 25.6. The topological polar surface area (TPSA) is 115 Å². The molecule has 0 aliphatic rings. The molecule has 0 atom stereocenters. The lowest BCUT2D eigenvalue weighted by atomic mass is 10.1. The van der Waals surface area contributed by atoms with Crippen molar-refractivity contribution in [1.82, 2.24) is 16.0 Å². The van der Waals surface area contributed by atoms with Gasteiger partial charge in [0, 0.05) is 19.1 Å². The largest absolute Gasteiger partial charge is 0.412 e. The minimum absolute atomic E-state index is 0.233.